The summed E-state index contributed by atoms with van der Waals surface area (Å²) in [5, 5.41) is 12.2. The Morgan fingerprint density at radius 1 is 1.42 bits per heavy atom. The molecule has 0 saturated carbocycles. The number of rotatable bonds is 1. The molecule has 4 nitrogen and oxygen atoms in total. The number of hydrogen-bond donors (Lipinski definition) is 1. The van der Waals surface area contributed by atoms with E-state index < -0.39 is 11.7 Å². The lowest BCUT2D eigenvalue weighted by molar-refractivity contribution is 0.0582. The van der Waals surface area contributed by atoms with Gasteiger partial charge in [0.25, 0.3) is 0 Å². The van der Waals surface area contributed by atoms with Crippen molar-refractivity contribution >= 4 is 34.2 Å². The number of carbonyl (C=O) groups is 1. The molecule has 0 saturated heterocycles. The second-order valence-corrected chi connectivity index (χ2v) is 7.58. The number of alkyl halides is 1. The van der Waals surface area contributed by atoms with E-state index in [0.717, 1.165) is 21.9 Å². The number of aryl methyl sites for hydroxylation is 1. The van der Waals surface area contributed by atoms with E-state index in [-0.39, 0.29) is 11.7 Å². The van der Waals surface area contributed by atoms with Gasteiger partial charge in [0.2, 0.25) is 0 Å². The minimum absolute atomic E-state index is 0.0124. The second kappa shape index (κ2) is 5.85. The molecule has 2 aromatic rings. The molecule has 0 aromatic heterocycles. The molecule has 0 spiro atoms. The molecule has 0 radical (unpaired) electrons. The van der Waals surface area contributed by atoms with E-state index in [9.17, 15) is 9.90 Å². The first-order valence-electron chi connectivity index (χ1n) is 8.04. The maximum Gasteiger partial charge on any atom is 0.414 e. The molecular formula is C19H22ClNO3. The number of ether oxygens (including phenoxy) is 1. The molecule has 24 heavy (non-hydrogen) atoms. The second-order valence-electron chi connectivity index (χ2n) is 7.27. The van der Waals surface area contributed by atoms with Gasteiger partial charge in [-0.05, 0) is 44.2 Å². The third-order valence-electron chi connectivity index (χ3n) is 4.27. The van der Waals surface area contributed by atoms with Crippen LogP contribution in [0, 0.1) is 6.92 Å². The fourth-order valence-corrected chi connectivity index (χ4v) is 3.57. The smallest absolute Gasteiger partial charge is 0.414 e. The van der Waals surface area contributed by atoms with E-state index in [1.165, 1.54) is 0 Å². The van der Waals surface area contributed by atoms with Crippen LogP contribution in [-0.4, -0.2) is 29.2 Å². The Morgan fingerprint density at radius 3 is 2.75 bits per heavy atom. The summed E-state index contributed by atoms with van der Waals surface area (Å²) in [6.45, 7) is 7.97. The number of phenolic OH excluding ortho intramolecular Hbond substituents is 1. The minimum atomic E-state index is -0.578. The van der Waals surface area contributed by atoms with Gasteiger partial charge < -0.3 is 9.84 Å². The van der Waals surface area contributed by atoms with E-state index in [1.807, 2.05) is 45.9 Å². The maximum absolute atomic E-state index is 12.6. The lowest BCUT2D eigenvalue weighted by atomic mass is 9.92. The van der Waals surface area contributed by atoms with Crippen molar-refractivity contribution in [2.75, 3.05) is 17.3 Å². The van der Waals surface area contributed by atoms with E-state index in [4.69, 9.17) is 16.3 Å². The number of carbonyl (C=O) groups excluding carboxylic acids is 1. The lowest BCUT2D eigenvalue weighted by Crippen LogP contribution is -2.36. The highest BCUT2D eigenvalue weighted by Gasteiger charge is 2.36. The molecule has 1 amide bonds. The molecule has 1 aliphatic rings. The number of amides is 1. The monoisotopic (exact) mass is 347 g/mol. The summed E-state index contributed by atoms with van der Waals surface area (Å²) in [6.07, 6.45) is -0.413. The van der Waals surface area contributed by atoms with Gasteiger partial charge in [0.05, 0.1) is 5.69 Å². The first-order valence-corrected chi connectivity index (χ1v) is 8.58. The zero-order chi connectivity index (χ0) is 17.6. The minimum Gasteiger partial charge on any atom is -0.507 e. The quantitative estimate of drug-likeness (QED) is 0.744. The molecule has 0 aliphatic carbocycles. The first kappa shape index (κ1) is 16.9. The van der Waals surface area contributed by atoms with Crippen molar-refractivity contribution in [3.8, 4) is 5.75 Å². The Bertz CT molecular complexity index is 810. The average molecular weight is 348 g/mol. The number of nitrogens with zero attached hydrogens (tertiary/aromatic N) is 1. The third-order valence-corrected chi connectivity index (χ3v) is 4.64. The van der Waals surface area contributed by atoms with Crippen molar-refractivity contribution in [2.24, 2.45) is 0 Å². The van der Waals surface area contributed by atoms with Gasteiger partial charge in [-0.2, -0.15) is 0 Å². The molecule has 3 rings (SSSR count). The van der Waals surface area contributed by atoms with E-state index >= 15 is 0 Å². The topological polar surface area (TPSA) is 49.8 Å². The van der Waals surface area contributed by atoms with Crippen molar-refractivity contribution in [1.29, 1.82) is 0 Å². The first-order chi connectivity index (χ1) is 11.2. The maximum atomic E-state index is 12.6. The van der Waals surface area contributed by atoms with Gasteiger partial charge in [0.15, 0.2) is 0 Å². The number of fused-ring (bicyclic) bond motifs is 3. The summed E-state index contributed by atoms with van der Waals surface area (Å²) >= 11 is 6.19. The van der Waals surface area contributed by atoms with Crippen LogP contribution in [0.3, 0.4) is 0 Å². The SMILES string of the molecule is Cc1cccc2c(O)cc3c(c12)[C@H](CCl)CN3C(=O)OC(C)(C)C. The summed E-state index contributed by atoms with van der Waals surface area (Å²) in [5.74, 6) is 0.579. The van der Waals surface area contributed by atoms with Crippen molar-refractivity contribution in [1.82, 2.24) is 0 Å². The Hall–Kier alpha value is -1.94. The highest BCUT2D eigenvalue weighted by molar-refractivity contribution is 6.19. The van der Waals surface area contributed by atoms with Gasteiger partial charge in [0.1, 0.15) is 11.4 Å². The molecule has 5 heteroatoms. The molecule has 128 valence electrons. The van der Waals surface area contributed by atoms with Crippen molar-refractivity contribution in [3.63, 3.8) is 0 Å². The van der Waals surface area contributed by atoms with Gasteiger partial charge in [0, 0.05) is 29.8 Å². The third kappa shape index (κ3) is 2.80. The molecule has 0 bridgehead atoms. The number of aromatic hydroxyl groups is 1. The molecule has 0 fully saturated rings. The normalized spacial score (nSPS) is 17.2. The Morgan fingerprint density at radius 2 is 2.12 bits per heavy atom. The van der Waals surface area contributed by atoms with Crippen LogP contribution >= 0.6 is 11.6 Å². The zero-order valence-electron chi connectivity index (χ0n) is 14.4. The molecular weight excluding hydrogens is 326 g/mol. The summed E-state index contributed by atoms with van der Waals surface area (Å²) in [4.78, 5) is 14.2. The standard InChI is InChI=1S/C19H22ClNO3/c1-11-6-5-7-13-15(22)8-14-17(16(11)13)12(9-20)10-21(14)18(23)24-19(2,3)4/h5-8,12,22H,9-10H2,1-4H3/t12-/m1/s1. The number of hydrogen-bond acceptors (Lipinski definition) is 3. The summed E-state index contributed by atoms with van der Waals surface area (Å²) in [6, 6.07) is 7.45. The van der Waals surface area contributed by atoms with Gasteiger partial charge in [-0.3, -0.25) is 4.90 Å². The van der Waals surface area contributed by atoms with Gasteiger partial charge in [-0.25, -0.2) is 4.79 Å². The van der Waals surface area contributed by atoms with Crippen LogP contribution in [0.2, 0.25) is 0 Å². The zero-order valence-corrected chi connectivity index (χ0v) is 15.1. The van der Waals surface area contributed by atoms with Crippen LogP contribution < -0.4 is 4.90 Å². The Kier molecular flexibility index (Phi) is 4.12. The van der Waals surface area contributed by atoms with Crippen molar-refractivity contribution in [2.45, 2.75) is 39.2 Å². The van der Waals surface area contributed by atoms with Crippen LogP contribution in [0.1, 0.15) is 37.8 Å². The lowest BCUT2D eigenvalue weighted by Gasteiger charge is -2.25. The van der Waals surface area contributed by atoms with Crippen LogP contribution in [0.5, 0.6) is 5.75 Å². The number of phenols is 1. The molecule has 2 aromatic carbocycles. The van der Waals surface area contributed by atoms with Gasteiger partial charge >= 0.3 is 6.09 Å². The Balaban J connectivity index is 2.19. The van der Waals surface area contributed by atoms with E-state index in [0.29, 0.717) is 18.1 Å². The molecule has 1 atom stereocenters. The average Bonchev–Trinajstić information content (AvgIpc) is 2.84. The number of benzene rings is 2. The molecule has 1 aliphatic heterocycles. The van der Waals surface area contributed by atoms with E-state index in [2.05, 4.69) is 0 Å². The van der Waals surface area contributed by atoms with Gasteiger partial charge in [-0.15, -0.1) is 11.6 Å². The fraction of sp³-hybridized carbons (Fsp3) is 0.421. The predicted octanol–water partition coefficient (Wildman–Crippen LogP) is 4.93. The highest BCUT2D eigenvalue weighted by Crippen LogP contribution is 2.46. The number of anilines is 1. The van der Waals surface area contributed by atoms with Crippen LogP contribution in [0.4, 0.5) is 10.5 Å². The predicted molar refractivity (Wildman–Crippen MR) is 97.4 cm³/mol. The van der Waals surface area contributed by atoms with E-state index in [1.54, 1.807) is 11.0 Å². The van der Waals surface area contributed by atoms with Crippen LogP contribution in [0.25, 0.3) is 10.8 Å². The summed E-state index contributed by atoms with van der Waals surface area (Å²) < 4.78 is 5.52. The Labute approximate surface area is 147 Å². The molecule has 1 N–H and O–H groups in total. The fourth-order valence-electron chi connectivity index (χ4n) is 3.31. The highest BCUT2D eigenvalue weighted by atomic mass is 35.5. The van der Waals surface area contributed by atoms with Crippen molar-refractivity contribution < 1.29 is 14.6 Å². The molecule has 0 unspecified atom stereocenters. The number of halogens is 1. The summed E-state index contributed by atoms with van der Waals surface area (Å²) in [7, 11) is 0. The van der Waals surface area contributed by atoms with Crippen LogP contribution in [-0.2, 0) is 4.74 Å². The molecule has 1 heterocycles. The summed E-state index contributed by atoms with van der Waals surface area (Å²) in [5.41, 5.74) is 2.18. The largest absolute Gasteiger partial charge is 0.507 e. The van der Waals surface area contributed by atoms with Gasteiger partial charge in [-0.1, -0.05) is 18.2 Å². The van der Waals surface area contributed by atoms with Crippen molar-refractivity contribution in [3.05, 3.63) is 35.4 Å². The van der Waals surface area contributed by atoms with Crippen LogP contribution in [0.15, 0.2) is 24.3 Å².